The van der Waals surface area contributed by atoms with Gasteiger partial charge in [-0.2, -0.15) is 0 Å². The first-order valence-electron chi connectivity index (χ1n) is 9.55. The van der Waals surface area contributed by atoms with Crippen molar-refractivity contribution in [2.24, 2.45) is 5.92 Å². The number of carbonyl (C=O) groups excluding carboxylic acids is 2. The smallest absolute Gasteiger partial charge is 0.323 e. The Kier molecular flexibility index (Phi) is 6.74. The van der Waals surface area contributed by atoms with Gasteiger partial charge in [-0.3, -0.25) is 10.3 Å². The summed E-state index contributed by atoms with van der Waals surface area (Å²) < 4.78 is 5.92. The summed E-state index contributed by atoms with van der Waals surface area (Å²) >= 11 is 0. The summed E-state index contributed by atoms with van der Waals surface area (Å²) in [5.41, 5.74) is 1.83. The molecule has 3 heterocycles. The topological polar surface area (TPSA) is 120 Å². The van der Waals surface area contributed by atoms with Crippen molar-refractivity contribution in [3.05, 3.63) is 48.1 Å². The predicted molar refractivity (Wildman–Crippen MR) is 114 cm³/mol. The molecule has 3 N–H and O–H groups in total. The molecule has 0 aliphatic carbocycles. The molecule has 156 valence electrons. The number of nitrogens with one attached hydrogen (secondary N) is 3. The number of urea groups is 1. The zero-order valence-electron chi connectivity index (χ0n) is 16.9. The molecule has 1 aliphatic heterocycles. The minimum Gasteiger partial charge on any atom is -0.455 e. The van der Waals surface area contributed by atoms with Crippen LogP contribution in [0.2, 0.25) is 0 Å². The minimum atomic E-state index is -0.269. The molecule has 3 rings (SSSR count). The molecule has 0 radical (unpaired) electrons. The number of pyridine rings is 2. The third kappa shape index (κ3) is 4.99. The summed E-state index contributed by atoms with van der Waals surface area (Å²) in [6.45, 7) is 2.77. The Morgan fingerprint density at radius 2 is 2.20 bits per heavy atom. The van der Waals surface area contributed by atoms with E-state index < -0.39 is 0 Å². The van der Waals surface area contributed by atoms with Crippen molar-refractivity contribution < 1.29 is 14.3 Å². The molecule has 2 aromatic rings. The van der Waals surface area contributed by atoms with Crippen molar-refractivity contribution in [3.63, 3.8) is 0 Å². The van der Waals surface area contributed by atoms with Crippen LogP contribution >= 0.6 is 0 Å². The Morgan fingerprint density at radius 1 is 1.37 bits per heavy atom. The van der Waals surface area contributed by atoms with E-state index in [-0.39, 0.29) is 11.9 Å². The SMILES string of the molecule is CN/C=C(\C=N)c1cc(Oc2ccc(NC(=O)N3CCC(C=O)C3)nc2C)ccn1. The van der Waals surface area contributed by atoms with Crippen molar-refractivity contribution >= 4 is 29.9 Å². The molecule has 1 fully saturated rings. The van der Waals surface area contributed by atoms with E-state index in [2.05, 4.69) is 20.6 Å². The number of anilines is 1. The maximum atomic E-state index is 12.3. The second-order valence-corrected chi connectivity index (χ2v) is 6.85. The molecule has 1 atom stereocenters. The van der Waals surface area contributed by atoms with Crippen LogP contribution in [-0.2, 0) is 4.79 Å². The van der Waals surface area contributed by atoms with E-state index in [0.29, 0.717) is 53.8 Å². The van der Waals surface area contributed by atoms with E-state index >= 15 is 0 Å². The summed E-state index contributed by atoms with van der Waals surface area (Å²) in [5.74, 6) is 1.42. The number of ether oxygens (including phenoxy) is 1. The Morgan fingerprint density at radius 3 is 2.87 bits per heavy atom. The molecule has 0 bridgehead atoms. The highest BCUT2D eigenvalue weighted by molar-refractivity contribution is 6.07. The molecule has 1 aliphatic rings. The van der Waals surface area contributed by atoms with E-state index in [0.717, 1.165) is 6.29 Å². The highest BCUT2D eigenvalue weighted by atomic mass is 16.5. The Bertz CT molecular complexity index is 975. The fourth-order valence-corrected chi connectivity index (χ4v) is 3.10. The number of allylic oxidation sites excluding steroid dienone is 1. The van der Waals surface area contributed by atoms with Gasteiger partial charge in [-0.05, 0) is 31.5 Å². The molecule has 0 aromatic carbocycles. The summed E-state index contributed by atoms with van der Waals surface area (Å²) in [5, 5.41) is 13.2. The third-order valence-corrected chi connectivity index (χ3v) is 4.69. The van der Waals surface area contributed by atoms with E-state index in [1.54, 1.807) is 55.5 Å². The number of aromatic nitrogens is 2. The van der Waals surface area contributed by atoms with Gasteiger partial charge in [0, 0.05) is 56.3 Å². The lowest BCUT2D eigenvalue weighted by molar-refractivity contribution is -0.110. The van der Waals surface area contributed by atoms with Gasteiger partial charge >= 0.3 is 6.03 Å². The number of aldehydes is 1. The van der Waals surface area contributed by atoms with Crippen molar-refractivity contribution in [3.8, 4) is 11.5 Å². The number of carbonyl (C=O) groups is 2. The zero-order chi connectivity index (χ0) is 21.5. The molecule has 2 amide bonds. The van der Waals surface area contributed by atoms with Gasteiger partial charge in [0.1, 0.15) is 23.6 Å². The summed E-state index contributed by atoms with van der Waals surface area (Å²) in [6.07, 6.45) is 6.09. The highest BCUT2D eigenvalue weighted by Gasteiger charge is 2.26. The monoisotopic (exact) mass is 408 g/mol. The van der Waals surface area contributed by atoms with Gasteiger partial charge in [0.2, 0.25) is 0 Å². The van der Waals surface area contributed by atoms with Crippen LogP contribution in [0.3, 0.4) is 0 Å². The number of hydrogen-bond acceptors (Lipinski definition) is 7. The van der Waals surface area contributed by atoms with Crippen LogP contribution in [0.25, 0.3) is 5.57 Å². The van der Waals surface area contributed by atoms with Gasteiger partial charge in [0.25, 0.3) is 0 Å². The number of amides is 2. The molecule has 9 heteroatoms. The molecule has 1 saturated heterocycles. The van der Waals surface area contributed by atoms with Crippen molar-refractivity contribution in [1.82, 2.24) is 20.2 Å². The third-order valence-electron chi connectivity index (χ3n) is 4.69. The minimum absolute atomic E-state index is 0.0948. The van der Waals surface area contributed by atoms with Crippen LogP contribution in [0, 0.1) is 18.3 Å². The highest BCUT2D eigenvalue weighted by Crippen LogP contribution is 2.26. The molecule has 1 unspecified atom stereocenters. The lowest BCUT2D eigenvalue weighted by Gasteiger charge is -2.17. The number of aryl methyl sites for hydroxylation is 1. The molecule has 0 spiro atoms. The van der Waals surface area contributed by atoms with E-state index in [4.69, 9.17) is 10.1 Å². The fourth-order valence-electron chi connectivity index (χ4n) is 3.10. The van der Waals surface area contributed by atoms with Gasteiger partial charge in [-0.25, -0.2) is 9.78 Å². The summed E-state index contributed by atoms with van der Waals surface area (Å²) in [6, 6.07) is 6.59. The maximum Gasteiger partial charge on any atom is 0.323 e. The van der Waals surface area contributed by atoms with Crippen LogP contribution in [-0.4, -0.2) is 53.5 Å². The van der Waals surface area contributed by atoms with Crippen LogP contribution in [0.4, 0.5) is 10.6 Å². The Hall–Kier alpha value is -3.75. The normalized spacial score (nSPS) is 16.1. The second kappa shape index (κ2) is 9.64. The number of rotatable bonds is 7. The van der Waals surface area contributed by atoms with Gasteiger partial charge < -0.3 is 25.2 Å². The van der Waals surface area contributed by atoms with Crippen molar-refractivity contribution in [2.75, 3.05) is 25.5 Å². The van der Waals surface area contributed by atoms with Crippen LogP contribution in [0.5, 0.6) is 11.5 Å². The molecule has 9 nitrogen and oxygen atoms in total. The molecule has 2 aromatic heterocycles. The lowest BCUT2D eigenvalue weighted by atomic mass is 10.1. The Labute approximate surface area is 174 Å². The van der Waals surface area contributed by atoms with Gasteiger partial charge in [-0.15, -0.1) is 0 Å². The number of hydrogen-bond donors (Lipinski definition) is 3. The standard InChI is InChI=1S/C21H24N6O3/c1-14-19(30-17-5-7-24-18(9-17)16(10-22)11-23-2)3-4-20(25-14)26-21(29)27-8-6-15(12-27)13-28/h3-5,7,9-11,13,15,22-23H,6,8,12H2,1-2H3,(H,25,26,29)/b16-11+,22-10?. The van der Waals surface area contributed by atoms with Gasteiger partial charge in [-0.1, -0.05) is 0 Å². The summed E-state index contributed by atoms with van der Waals surface area (Å²) in [7, 11) is 1.75. The van der Waals surface area contributed by atoms with Crippen molar-refractivity contribution in [2.45, 2.75) is 13.3 Å². The Balaban J connectivity index is 1.69. The van der Waals surface area contributed by atoms with Crippen LogP contribution < -0.4 is 15.4 Å². The van der Waals surface area contributed by atoms with E-state index in [1.807, 2.05) is 0 Å². The van der Waals surface area contributed by atoms with E-state index in [1.165, 1.54) is 6.21 Å². The molecule has 0 saturated carbocycles. The van der Waals surface area contributed by atoms with Crippen LogP contribution in [0.1, 0.15) is 17.8 Å². The average molecular weight is 408 g/mol. The molecular formula is C21H24N6O3. The average Bonchev–Trinajstić information content (AvgIpc) is 3.24. The van der Waals surface area contributed by atoms with Gasteiger partial charge in [0.05, 0.1) is 11.4 Å². The quantitative estimate of drug-likeness (QED) is 0.479. The first-order valence-corrected chi connectivity index (χ1v) is 9.55. The van der Waals surface area contributed by atoms with Gasteiger partial charge in [0.15, 0.2) is 0 Å². The number of likely N-dealkylation sites (tertiary alicyclic amines) is 1. The largest absolute Gasteiger partial charge is 0.455 e. The fraction of sp³-hybridized carbons (Fsp3) is 0.286. The summed E-state index contributed by atoms with van der Waals surface area (Å²) in [4.78, 5) is 33.5. The molecule has 30 heavy (non-hydrogen) atoms. The second-order valence-electron chi connectivity index (χ2n) is 6.85. The van der Waals surface area contributed by atoms with Crippen molar-refractivity contribution in [1.29, 1.82) is 5.41 Å². The van der Waals surface area contributed by atoms with Crippen LogP contribution in [0.15, 0.2) is 36.7 Å². The predicted octanol–water partition coefficient (Wildman–Crippen LogP) is 2.84. The lowest BCUT2D eigenvalue weighted by Crippen LogP contribution is -2.33. The zero-order valence-corrected chi connectivity index (χ0v) is 16.9. The first kappa shape index (κ1) is 21.0. The first-order chi connectivity index (χ1) is 14.5. The number of nitrogens with zero attached hydrogens (tertiary/aromatic N) is 3. The maximum absolute atomic E-state index is 12.3. The molecular weight excluding hydrogens is 384 g/mol. The van der Waals surface area contributed by atoms with E-state index in [9.17, 15) is 9.59 Å².